The summed E-state index contributed by atoms with van der Waals surface area (Å²) >= 11 is 0. The van der Waals surface area contributed by atoms with Crippen LogP contribution >= 0.6 is 0 Å². The Labute approximate surface area is 104 Å². The van der Waals surface area contributed by atoms with Crippen LogP contribution in [0.4, 0.5) is 0 Å². The SMILES string of the molecule is CC(CCn1cccn1)NCC(C)(O)C(C)C. The molecule has 1 aromatic rings. The van der Waals surface area contributed by atoms with Gasteiger partial charge in [0.15, 0.2) is 0 Å². The average molecular weight is 239 g/mol. The molecule has 2 unspecified atom stereocenters. The normalized spacial score (nSPS) is 17.1. The number of aromatic nitrogens is 2. The van der Waals surface area contributed by atoms with Crippen LogP contribution in [0.2, 0.25) is 0 Å². The first-order valence-electron chi connectivity index (χ1n) is 6.35. The Morgan fingerprint density at radius 2 is 2.12 bits per heavy atom. The zero-order valence-electron chi connectivity index (χ0n) is 11.3. The third-order valence-electron chi connectivity index (χ3n) is 3.40. The van der Waals surface area contributed by atoms with Gasteiger partial charge in [0, 0.05) is 31.5 Å². The summed E-state index contributed by atoms with van der Waals surface area (Å²) in [7, 11) is 0. The number of hydrogen-bond acceptors (Lipinski definition) is 3. The van der Waals surface area contributed by atoms with Gasteiger partial charge in [-0.1, -0.05) is 13.8 Å². The average Bonchev–Trinajstić information content (AvgIpc) is 2.76. The molecule has 1 rings (SSSR count). The molecule has 0 radical (unpaired) electrons. The zero-order valence-corrected chi connectivity index (χ0v) is 11.3. The molecule has 0 spiro atoms. The molecular weight excluding hydrogens is 214 g/mol. The van der Waals surface area contributed by atoms with Crippen molar-refractivity contribution in [1.82, 2.24) is 15.1 Å². The van der Waals surface area contributed by atoms with E-state index in [-0.39, 0.29) is 5.92 Å². The van der Waals surface area contributed by atoms with E-state index in [2.05, 4.69) is 17.3 Å². The lowest BCUT2D eigenvalue weighted by Crippen LogP contribution is -2.45. The minimum Gasteiger partial charge on any atom is -0.389 e. The highest BCUT2D eigenvalue weighted by atomic mass is 16.3. The highest BCUT2D eigenvalue weighted by molar-refractivity contribution is 4.81. The van der Waals surface area contributed by atoms with Crippen molar-refractivity contribution in [3.05, 3.63) is 18.5 Å². The van der Waals surface area contributed by atoms with E-state index in [0.29, 0.717) is 12.6 Å². The fraction of sp³-hybridized carbons (Fsp3) is 0.769. The molecule has 17 heavy (non-hydrogen) atoms. The molecule has 2 N–H and O–H groups in total. The molecule has 0 amide bonds. The largest absolute Gasteiger partial charge is 0.389 e. The van der Waals surface area contributed by atoms with Crippen LogP contribution in [-0.2, 0) is 6.54 Å². The first-order valence-corrected chi connectivity index (χ1v) is 6.35. The van der Waals surface area contributed by atoms with Gasteiger partial charge in [0.1, 0.15) is 0 Å². The number of hydrogen-bond donors (Lipinski definition) is 2. The molecule has 0 aromatic carbocycles. The summed E-state index contributed by atoms with van der Waals surface area (Å²) in [6.07, 6.45) is 4.77. The van der Waals surface area contributed by atoms with Gasteiger partial charge in [-0.25, -0.2) is 0 Å². The first-order chi connectivity index (χ1) is 7.92. The minimum atomic E-state index is -0.639. The van der Waals surface area contributed by atoms with Crippen LogP contribution in [0, 0.1) is 5.92 Å². The van der Waals surface area contributed by atoms with E-state index in [1.54, 1.807) is 6.20 Å². The molecule has 0 bridgehead atoms. The molecule has 0 aliphatic rings. The summed E-state index contributed by atoms with van der Waals surface area (Å²) in [4.78, 5) is 0. The molecule has 1 aromatic heterocycles. The van der Waals surface area contributed by atoms with Crippen molar-refractivity contribution in [2.45, 2.75) is 52.3 Å². The van der Waals surface area contributed by atoms with E-state index >= 15 is 0 Å². The maximum atomic E-state index is 10.1. The van der Waals surface area contributed by atoms with Gasteiger partial charge in [0.05, 0.1) is 5.60 Å². The quantitative estimate of drug-likeness (QED) is 0.761. The van der Waals surface area contributed by atoms with E-state index in [1.807, 2.05) is 37.7 Å². The molecule has 0 aliphatic carbocycles. The Kier molecular flexibility index (Phi) is 5.15. The van der Waals surface area contributed by atoms with Crippen molar-refractivity contribution in [3.8, 4) is 0 Å². The van der Waals surface area contributed by atoms with Gasteiger partial charge in [-0.3, -0.25) is 4.68 Å². The van der Waals surface area contributed by atoms with Gasteiger partial charge >= 0.3 is 0 Å². The van der Waals surface area contributed by atoms with E-state index in [9.17, 15) is 5.11 Å². The summed E-state index contributed by atoms with van der Waals surface area (Å²) in [5.74, 6) is 0.258. The Bertz CT molecular complexity index is 306. The van der Waals surface area contributed by atoms with Crippen LogP contribution in [0.25, 0.3) is 0 Å². The lowest BCUT2D eigenvalue weighted by molar-refractivity contribution is 0.0119. The minimum absolute atomic E-state index is 0.258. The number of nitrogens with zero attached hydrogens (tertiary/aromatic N) is 2. The Balaban J connectivity index is 2.23. The fourth-order valence-electron chi connectivity index (χ4n) is 1.45. The Morgan fingerprint density at radius 3 is 2.65 bits per heavy atom. The van der Waals surface area contributed by atoms with Crippen molar-refractivity contribution in [3.63, 3.8) is 0 Å². The third kappa shape index (κ3) is 4.88. The molecule has 0 saturated heterocycles. The molecule has 4 heteroatoms. The fourth-order valence-corrected chi connectivity index (χ4v) is 1.45. The second-order valence-corrected chi connectivity index (χ2v) is 5.35. The highest BCUT2D eigenvalue weighted by Gasteiger charge is 2.24. The van der Waals surface area contributed by atoms with Crippen molar-refractivity contribution >= 4 is 0 Å². The van der Waals surface area contributed by atoms with Gasteiger partial charge in [0.25, 0.3) is 0 Å². The lowest BCUT2D eigenvalue weighted by atomic mass is 9.92. The van der Waals surface area contributed by atoms with Gasteiger partial charge < -0.3 is 10.4 Å². The Morgan fingerprint density at radius 1 is 1.41 bits per heavy atom. The van der Waals surface area contributed by atoms with Crippen LogP contribution in [-0.4, -0.2) is 33.1 Å². The number of nitrogens with one attached hydrogen (secondary N) is 1. The summed E-state index contributed by atoms with van der Waals surface area (Å²) in [5, 5.41) is 17.7. The third-order valence-corrected chi connectivity index (χ3v) is 3.40. The predicted octanol–water partition coefficient (Wildman–Crippen LogP) is 1.66. The van der Waals surface area contributed by atoms with Crippen LogP contribution in [0.15, 0.2) is 18.5 Å². The van der Waals surface area contributed by atoms with Crippen molar-refractivity contribution in [1.29, 1.82) is 0 Å². The predicted molar refractivity (Wildman–Crippen MR) is 69.8 cm³/mol. The van der Waals surface area contributed by atoms with Crippen molar-refractivity contribution in [2.24, 2.45) is 5.92 Å². The molecule has 0 aliphatic heterocycles. The van der Waals surface area contributed by atoms with Gasteiger partial charge in [-0.05, 0) is 32.3 Å². The van der Waals surface area contributed by atoms with E-state index in [0.717, 1.165) is 13.0 Å². The molecule has 0 saturated carbocycles. The van der Waals surface area contributed by atoms with Gasteiger partial charge in [0.2, 0.25) is 0 Å². The maximum Gasteiger partial charge on any atom is 0.0766 e. The number of rotatable bonds is 7. The van der Waals surface area contributed by atoms with E-state index < -0.39 is 5.60 Å². The molecule has 98 valence electrons. The first kappa shape index (κ1) is 14.2. The lowest BCUT2D eigenvalue weighted by Gasteiger charge is -2.29. The molecule has 2 atom stereocenters. The monoisotopic (exact) mass is 239 g/mol. The maximum absolute atomic E-state index is 10.1. The van der Waals surface area contributed by atoms with Crippen LogP contribution in [0.1, 0.15) is 34.1 Å². The smallest absolute Gasteiger partial charge is 0.0766 e. The highest BCUT2D eigenvalue weighted by Crippen LogP contribution is 2.14. The number of aryl methyl sites for hydroxylation is 1. The summed E-state index contributed by atoms with van der Waals surface area (Å²) in [6, 6.07) is 2.31. The summed E-state index contributed by atoms with van der Waals surface area (Å²) in [6.45, 7) is 9.63. The van der Waals surface area contributed by atoms with Crippen LogP contribution in [0.3, 0.4) is 0 Å². The topological polar surface area (TPSA) is 50.1 Å². The number of aliphatic hydroxyl groups is 1. The second kappa shape index (κ2) is 6.17. The molecule has 0 fully saturated rings. The standard InChI is InChI=1S/C13H25N3O/c1-11(2)13(4,17)10-14-12(3)6-9-16-8-5-7-15-16/h5,7-8,11-12,14,17H,6,9-10H2,1-4H3. The van der Waals surface area contributed by atoms with Gasteiger partial charge in [-0.15, -0.1) is 0 Å². The molecular formula is C13H25N3O. The summed E-state index contributed by atoms with van der Waals surface area (Å²) in [5.41, 5.74) is -0.639. The Hall–Kier alpha value is -0.870. The summed E-state index contributed by atoms with van der Waals surface area (Å²) < 4.78 is 1.93. The van der Waals surface area contributed by atoms with E-state index in [4.69, 9.17) is 0 Å². The van der Waals surface area contributed by atoms with Crippen molar-refractivity contribution in [2.75, 3.05) is 6.54 Å². The van der Waals surface area contributed by atoms with E-state index in [1.165, 1.54) is 0 Å². The van der Waals surface area contributed by atoms with Crippen LogP contribution in [0.5, 0.6) is 0 Å². The molecule has 1 heterocycles. The zero-order chi connectivity index (χ0) is 12.9. The second-order valence-electron chi connectivity index (χ2n) is 5.35. The van der Waals surface area contributed by atoms with Crippen molar-refractivity contribution < 1.29 is 5.11 Å². The van der Waals surface area contributed by atoms with Crippen LogP contribution < -0.4 is 5.32 Å². The molecule has 4 nitrogen and oxygen atoms in total. The van der Waals surface area contributed by atoms with Gasteiger partial charge in [-0.2, -0.15) is 5.10 Å².